The molecule has 2 bridgehead atoms. The van der Waals surface area contributed by atoms with Gasteiger partial charge in [-0.25, -0.2) is 0 Å². The van der Waals surface area contributed by atoms with E-state index >= 15 is 0 Å². The number of amides is 3. The van der Waals surface area contributed by atoms with Gasteiger partial charge in [-0.05, 0) is 49.6 Å². The molecule has 198 valence electrons. The average Bonchev–Trinajstić information content (AvgIpc) is 3.58. The zero-order valence-corrected chi connectivity index (χ0v) is 22.1. The second-order valence-corrected chi connectivity index (χ2v) is 11.3. The molecule has 1 saturated carbocycles. The molecule has 38 heavy (non-hydrogen) atoms. The van der Waals surface area contributed by atoms with Crippen LogP contribution in [0.5, 0.6) is 0 Å². The van der Waals surface area contributed by atoms with Crippen LogP contribution >= 0.6 is 11.6 Å². The summed E-state index contributed by atoms with van der Waals surface area (Å²) in [4.78, 5) is 43.5. The number of benzene rings is 2. The Bertz CT molecular complexity index is 1260. The van der Waals surface area contributed by atoms with Crippen LogP contribution in [0, 0.1) is 11.8 Å². The van der Waals surface area contributed by atoms with E-state index in [-0.39, 0.29) is 29.8 Å². The highest BCUT2D eigenvalue weighted by atomic mass is 35.5. The first kappa shape index (κ1) is 25.1. The molecule has 6 rings (SSSR count). The number of halogens is 1. The van der Waals surface area contributed by atoms with Crippen molar-refractivity contribution in [3.63, 3.8) is 0 Å². The van der Waals surface area contributed by atoms with E-state index in [1.165, 1.54) is 6.42 Å². The number of carbonyl (C=O) groups is 3. The molecule has 1 spiro atoms. The Morgan fingerprint density at radius 2 is 1.74 bits per heavy atom. The van der Waals surface area contributed by atoms with Crippen molar-refractivity contribution in [1.82, 2.24) is 10.2 Å². The third kappa shape index (κ3) is 4.12. The quantitative estimate of drug-likeness (QED) is 0.530. The molecule has 4 aliphatic rings. The Kier molecular flexibility index (Phi) is 6.52. The van der Waals surface area contributed by atoms with Gasteiger partial charge in [-0.3, -0.25) is 14.4 Å². The van der Waals surface area contributed by atoms with Crippen molar-refractivity contribution in [2.24, 2.45) is 11.8 Å². The van der Waals surface area contributed by atoms with Crippen LogP contribution in [0.3, 0.4) is 0 Å². The largest absolute Gasteiger partial charge is 0.359 e. The lowest BCUT2D eigenvalue weighted by molar-refractivity contribution is -0.143. The molecule has 6 atom stereocenters. The van der Waals surface area contributed by atoms with Crippen LogP contribution in [0.2, 0.25) is 5.02 Å². The number of nitrogens with zero attached hydrogens (tertiary/aromatic N) is 1. The Hall–Kier alpha value is -3.16. The fraction of sp³-hybridized carbons (Fsp3) is 0.433. The first-order valence-corrected chi connectivity index (χ1v) is 13.9. The molecule has 0 radical (unpaired) electrons. The summed E-state index contributed by atoms with van der Waals surface area (Å²) in [7, 11) is 0. The fourth-order valence-corrected chi connectivity index (χ4v) is 6.93. The summed E-state index contributed by atoms with van der Waals surface area (Å²) >= 11 is 6.00. The maximum atomic E-state index is 14.2. The van der Waals surface area contributed by atoms with Gasteiger partial charge in [0.1, 0.15) is 11.6 Å². The van der Waals surface area contributed by atoms with E-state index in [0.29, 0.717) is 10.7 Å². The van der Waals surface area contributed by atoms with Crippen LogP contribution < -0.4 is 10.6 Å². The van der Waals surface area contributed by atoms with Gasteiger partial charge in [-0.1, -0.05) is 73.3 Å². The van der Waals surface area contributed by atoms with Gasteiger partial charge in [-0.15, -0.1) is 0 Å². The Morgan fingerprint density at radius 3 is 2.45 bits per heavy atom. The molecule has 1 aliphatic carbocycles. The maximum absolute atomic E-state index is 14.2. The standard InChI is InChI=1S/C30H32ClN3O4/c1-18(19-8-4-2-5-9-19)34-26(28(36)33-21-10-6-3-7-11-21)30-17-16-23(38-30)24(25(30)29(34)37)27(35)32-22-14-12-20(31)13-15-22/h2,4-5,8-9,12-18,21,23-26H,3,6-7,10-11H2,1H3,(H,32,35)(H,33,36)/t18-,23-,24-,25-,26-,30+/m1/s1. The van der Waals surface area contributed by atoms with Crippen LogP contribution in [0.15, 0.2) is 66.7 Å². The molecule has 3 heterocycles. The highest BCUT2D eigenvalue weighted by molar-refractivity contribution is 6.30. The molecule has 2 saturated heterocycles. The number of likely N-dealkylation sites (tertiary alicyclic amines) is 1. The second kappa shape index (κ2) is 9.86. The van der Waals surface area contributed by atoms with Crippen molar-refractivity contribution >= 4 is 35.0 Å². The first-order valence-electron chi connectivity index (χ1n) is 13.5. The predicted octanol–water partition coefficient (Wildman–Crippen LogP) is 4.64. The van der Waals surface area contributed by atoms with Crippen molar-refractivity contribution in [3.05, 3.63) is 77.3 Å². The number of rotatable bonds is 6. The summed E-state index contributed by atoms with van der Waals surface area (Å²) in [6.07, 6.45) is 8.33. The van der Waals surface area contributed by atoms with Crippen LogP contribution in [-0.2, 0) is 19.1 Å². The summed E-state index contributed by atoms with van der Waals surface area (Å²) in [6, 6.07) is 15.4. The molecule has 2 N–H and O–H groups in total. The second-order valence-electron chi connectivity index (χ2n) is 10.9. The summed E-state index contributed by atoms with van der Waals surface area (Å²) in [5.41, 5.74) is 0.325. The van der Waals surface area contributed by atoms with Gasteiger partial charge in [0.15, 0.2) is 0 Å². The summed E-state index contributed by atoms with van der Waals surface area (Å²) in [6.45, 7) is 1.94. The Morgan fingerprint density at radius 1 is 1.03 bits per heavy atom. The lowest BCUT2D eigenvalue weighted by atomic mass is 9.74. The third-order valence-electron chi connectivity index (χ3n) is 8.63. The molecule has 3 fully saturated rings. The minimum absolute atomic E-state index is 0.0854. The van der Waals surface area contributed by atoms with E-state index in [4.69, 9.17) is 16.3 Å². The zero-order valence-electron chi connectivity index (χ0n) is 21.3. The van der Waals surface area contributed by atoms with Crippen molar-refractivity contribution in [3.8, 4) is 0 Å². The van der Waals surface area contributed by atoms with Gasteiger partial charge in [0.25, 0.3) is 0 Å². The van der Waals surface area contributed by atoms with Gasteiger partial charge in [0.05, 0.1) is 24.0 Å². The zero-order chi connectivity index (χ0) is 26.4. The number of hydrogen-bond acceptors (Lipinski definition) is 4. The molecule has 3 aliphatic heterocycles. The Labute approximate surface area is 227 Å². The van der Waals surface area contributed by atoms with E-state index < -0.39 is 29.6 Å². The van der Waals surface area contributed by atoms with Gasteiger partial charge in [0.2, 0.25) is 17.7 Å². The van der Waals surface area contributed by atoms with Gasteiger partial charge < -0.3 is 20.3 Å². The smallest absolute Gasteiger partial charge is 0.246 e. The van der Waals surface area contributed by atoms with E-state index in [0.717, 1.165) is 31.2 Å². The first-order chi connectivity index (χ1) is 18.4. The van der Waals surface area contributed by atoms with Crippen molar-refractivity contribution in [2.75, 3.05) is 5.32 Å². The minimum Gasteiger partial charge on any atom is -0.359 e. The number of hydrogen-bond donors (Lipinski definition) is 2. The van der Waals surface area contributed by atoms with E-state index in [9.17, 15) is 14.4 Å². The van der Waals surface area contributed by atoms with Crippen molar-refractivity contribution in [1.29, 1.82) is 0 Å². The average molecular weight is 534 g/mol. The summed E-state index contributed by atoms with van der Waals surface area (Å²) < 4.78 is 6.47. The van der Waals surface area contributed by atoms with Crippen LogP contribution in [0.4, 0.5) is 5.69 Å². The monoisotopic (exact) mass is 533 g/mol. The lowest BCUT2D eigenvalue weighted by Crippen LogP contribution is -2.56. The highest BCUT2D eigenvalue weighted by Gasteiger charge is 2.73. The van der Waals surface area contributed by atoms with Crippen LogP contribution in [-0.4, -0.2) is 46.4 Å². The predicted molar refractivity (Wildman–Crippen MR) is 144 cm³/mol. The molecule has 0 aromatic heterocycles. The van der Waals surface area contributed by atoms with Gasteiger partial charge in [0, 0.05) is 16.8 Å². The molecule has 7 nitrogen and oxygen atoms in total. The Balaban J connectivity index is 1.35. The summed E-state index contributed by atoms with van der Waals surface area (Å²) in [5, 5.41) is 6.73. The number of anilines is 1. The maximum Gasteiger partial charge on any atom is 0.246 e. The minimum atomic E-state index is -1.19. The topological polar surface area (TPSA) is 87.7 Å². The summed E-state index contributed by atoms with van der Waals surface area (Å²) in [5.74, 6) is -2.28. The van der Waals surface area contributed by atoms with Gasteiger partial charge in [-0.2, -0.15) is 0 Å². The van der Waals surface area contributed by atoms with E-state index in [1.807, 2.05) is 49.4 Å². The fourth-order valence-electron chi connectivity index (χ4n) is 6.80. The van der Waals surface area contributed by atoms with E-state index in [2.05, 4.69) is 10.6 Å². The molecule has 0 unspecified atom stereocenters. The molecule has 2 aromatic carbocycles. The van der Waals surface area contributed by atoms with E-state index in [1.54, 1.807) is 29.2 Å². The normalized spacial score (nSPS) is 30.8. The number of ether oxygens (including phenoxy) is 1. The van der Waals surface area contributed by atoms with Crippen LogP contribution in [0.1, 0.15) is 50.6 Å². The SMILES string of the molecule is C[C@H](c1ccccc1)N1C(=O)[C@H]2[C@H](C(=O)Nc3ccc(Cl)cc3)[C@H]3C=C[C@@]2(O3)[C@H]1C(=O)NC1CCCCC1. The van der Waals surface area contributed by atoms with Crippen molar-refractivity contribution in [2.45, 2.75) is 68.9 Å². The molecular formula is C30H32ClN3O4. The van der Waals surface area contributed by atoms with Crippen LogP contribution in [0.25, 0.3) is 0 Å². The third-order valence-corrected chi connectivity index (χ3v) is 8.88. The molecule has 8 heteroatoms. The lowest BCUT2D eigenvalue weighted by Gasteiger charge is -2.37. The number of carbonyl (C=O) groups excluding carboxylic acids is 3. The highest BCUT2D eigenvalue weighted by Crippen LogP contribution is 2.56. The number of nitrogens with one attached hydrogen (secondary N) is 2. The van der Waals surface area contributed by atoms with Gasteiger partial charge >= 0.3 is 0 Å². The molecule has 2 aromatic rings. The molecule has 3 amide bonds. The molecular weight excluding hydrogens is 502 g/mol. The van der Waals surface area contributed by atoms with Crippen molar-refractivity contribution < 1.29 is 19.1 Å². The number of fused-ring (bicyclic) bond motifs is 1.